The van der Waals surface area contributed by atoms with E-state index in [0.29, 0.717) is 10.8 Å². The van der Waals surface area contributed by atoms with Crippen molar-refractivity contribution in [1.82, 2.24) is 10.2 Å². The fourth-order valence-electron chi connectivity index (χ4n) is 9.02. The number of likely N-dealkylation sites (tertiary alicyclic amines) is 1. The van der Waals surface area contributed by atoms with Crippen molar-refractivity contribution in [3.8, 4) is 5.75 Å². The van der Waals surface area contributed by atoms with Crippen LogP contribution in [0.4, 0.5) is 0 Å². The molecule has 2 unspecified atom stereocenters. The smallest absolute Gasteiger partial charge is 0.122 e. The minimum atomic E-state index is 0.370. The molecule has 5 fully saturated rings. The summed E-state index contributed by atoms with van der Waals surface area (Å²) in [5.74, 6) is 3.92. The molecule has 0 radical (unpaired) electrons. The van der Waals surface area contributed by atoms with Crippen molar-refractivity contribution < 1.29 is 4.74 Å². The van der Waals surface area contributed by atoms with Gasteiger partial charge in [0, 0.05) is 29.6 Å². The van der Waals surface area contributed by atoms with E-state index < -0.39 is 0 Å². The second-order valence-corrected chi connectivity index (χ2v) is 10.6. The van der Waals surface area contributed by atoms with Crippen LogP contribution in [0.25, 0.3) is 0 Å². The normalized spacial score (nSPS) is 46.9. The number of nitrogens with zero attached hydrogens (tertiary/aromatic N) is 1. The highest BCUT2D eigenvalue weighted by atomic mass is 16.5. The molecule has 2 heterocycles. The fourth-order valence-corrected chi connectivity index (χ4v) is 9.02. The molecule has 6 aliphatic rings. The first-order chi connectivity index (χ1) is 13.3. The summed E-state index contributed by atoms with van der Waals surface area (Å²) in [6.45, 7) is 3.95. The quantitative estimate of drug-likeness (QED) is 0.890. The predicted molar refractivity (Wildman–Crippen MR) is 106 cm³/mol. The summed E-state index contributed by atoms with van der Waals surface area (Å²) in [5, 5.41) is 3.94. The molecular formula is C24H32N2O. The summed E-state index contributed by atoms with van der Waals surface area (Å²) in [4.78, 5) is 2.97. The van der Waals surface area contributed by atoms with Crippen LogP contribution in [-0.2, 0) is 11.8 Å². The Balaban J connectivity index is 1.47. The summed E-state index contributed by atoms with van der Waals surface area (Å²) in [6.07, 6.45) is 9.88. The Bertz CT molecular complexity index is 804. The second kappa shape index (κ2) is 5.10. The summed E-state index contributed by atoms with van der Waals surface area (Å²) in [7, 11) is 1.89. The summed E-state index contributed by atoms with van der Waals surface area (Å²) >= 11 is 0. The highest BCUT2D eigenvalue weighted by Crippen LogP contribution is 2.75. The van der Waals surface area contributed by atoms with Crippen LogP contribution in [0.1, 0.15) is 49.7 Å². The van der Waals surface area contributed by atoms with Gasteiger partial charge in [0.2, 0.25) is 0 Å². The third-order valence-corrected chi connectivity index (χ3v) is 9.82. The first-order valence-corrected chi connectivity index (χ1v) is 11.4. The zero-order valence-corrected chi connectivity index (χ0v) is 16.5. The van der Waals surface area contributed by atoms with E-state index in [0.717, 1.165) is 29.8 Å². The number of ether oxygens (including phenoxy) is 1. The molecule has 1 aromatic carbocycles. The molecule has 3 heteroatoms. The summed E-state index contributed by atoms with van der Waals surface area (Å²) in [5.41, 5.74) is 4.14. The van der Waals surface area contributed by atoms with E-state index in [1.165, 1.54) is 70.3 Å². The number of benzene rings is 1. The maximum absolute atomic E-state index is 6.03. The van der Waals surface area contributed by atoms with Gasteiger partial charge in [-0.2, -0.15) is 0 Å². The van der Waals surface area contributed by atoms with Crippen molar-refractivity contribution in [3.63, 3.8) is 0 Å². The van der Waals surface area contributed by atoms with E-state index >= 15 is 0 Å². The molecule has 0 aromatic heterocycles. The Morgan fingerprint density at radius 1 is 1.22 bits per heavy atom. The molecule has 2 saturated heterocycles. The molecule has 4 aliphatic carbocycles. The third kappa shape index (κ3) is 1.74. The molecule has 0 amide bonds. The van der Waals surface area contributed by atoms with E-state index in [-0.39, 0.29) is 0 Å². The number of rotatable bonds is 3. The zero-order chi connectivity index (χ0) is 17.8. The van der Waals surface area contributed by atoms with Crippen molar-refractivity contribution in [3.05, 3.63) is 29.3 Å². The number of methoxy groups -OCH3 is 1. The van der Waals surface area contributed by atoms with Gasteiger partial charge in [-0.25, -0.2) is 0 Å². The Morgan fingerprint density at radius 3 is 3.00 bits per heavy atom. The number of hydrogen-bond acceptors (Lipinski definition) is 3. The van der Waals surface area contributed by atoms with Crippen LogP contribution in [0.5, 0.6) is 5.75 Å². The largest absolute Gasteiger partial charge is 0.496 e. The van der Waals surface area contributed by atoms with Gasteiger partial charge in [-0.15, -0.1) is 0 Å². The van der Waals surface area contributed by atoms with Gasteiger partial charge in [0.05, 0.1) is 7.11 Å². The lowest BCUT2D eigenvalue weighted by Gasteiger charge is -2.66. The minimum Gasteiger partial charge on any atom is -0.496 e. The van der Waals surface area contributed by atoms with E-state index in [1.807, 2.05) is 7.11 Å². The van der Waals surface area contributed by atoms with Crippen LogP contribution in [-0.4, -0.2) is 43.7 Å². The van der Waals surface area contributed by atoms with Gasteiger partial charge in [0.25, 0.3) is 0 Å². The van der Waals surface area contributed by atoms with E-state index in [2.05, 4.69) is 28.4 Å². The Labute approximate surface area is 162 Å². The number of fused-ring (bicyclic) bond motifs is 1. The minimum absolute atomic E-state index is 0.370. The average Bonchev–Trinajstić information content (AvgIpc) is 3.35. The van der Waals surface area contributed by atoms with Gasteiger partial charge in [0.15, 0.2) is 0 Å². The molecule has 4 bridgehead atoms. The maximum Gasteiger partial charge on any atom is 0.122 e. The van der Waals surface area contributed by atoms with Gasteiger partial charge in [0.1, 0.15) is 5.75 Å². The van der Waals surface area contributed by atoms with Gasteiger partial charge in [-0.3, -0.25) is 4.90 Å². The zero-order valence-electron chi connectivity index (χ0n) is 16.5. The summed E-state index contributed by atoms with van der Waals surface area (Å²) in [6, 6.07) is 8.45. The molecule has 1 aromatic rings. The van der Waals surface area contributed by atoms with Crippen molar-refractivity contribution >= 4 is 0 Å². The van der Waals surface area contributed by atoms with Crippen LogP contribution in [0.2, 0.25) is 0 Å². The summed E-state index contributed by atoms with van der Waals surface area (Å²) < 4.78 is 6.03. The SMILES string of the molecule is COc1cccc2c1[C@]13CCN(CC4CC4)[C@H](C2)[C@]12CCC1NC[C@@H](C2)C13. The van der Waals surface area contributed by atoms with E-state index in [4.69, 9.17) is 4.74 Å². The number of nitrogens with one attached hydrogen (secondary N) is 1. The molecule has 27 heavy (non-hydrogen) atoms. The highest BCUT2D eigenvalue weighted by molar-refractivity contribution is 5.54. The second-order valence-electron chi connectivity index (χ2n) is 10.6. The van der Waals surface area contributed by atoms with Crippen molar-refractivity contribution in [2.75, 3.05) is 26.7 Å². The Kier molecular flexibility index (Phi) is 2.99. The number of hydrogen-bond donors (Lipinski definition) is 1. The molecule has 1 N–H and O–H groups in total. The van der Waals surface area contributed by atoms with Crippen LogP contribution in [0, 0.1) is 23.2 Å². The predicted octanol–water partition coefficient (Wildman–Crippen LogP) is 3.36. The van der Waals surface area contributed by atoms with Gasteiger partial charge >= 0.3 is 0 Å². The Hall–Kier alpha value is -1.06. The van der Waals surface area contributed by atoms with Gasteiger partial charge < -0.3 is 10.1 Å². The third-order valence-electron chi connectivity index (χ3n) is 9.82. The standard InChI is InChI=1S/C24H32N2O/c1-27-19-4-2-3-16-11-20-23-8-7-18-21(17(12-23)13-25-18)24(23,22(16)19)9-10-26(20)14-15-5-6-15/h2-4,15,17-18,20-21,25H,5-14H2,1H3/t17-,18?,20-,21?,23-,24-/m1/s1. The lowest BCUT2D eigenvalue weighted by Crippen LogP contribution is -2.69. The first-order valence-electron chi connectivity index (χ1n) is 11.4. The van der Waals surface area contributed by atoms with Crippen LogP contribution >= 0.6 is 0 Å². The lowest BCUT2D eigenvalue weighted by atomic mass is 9.43. The van der Waals surface area contributed by atoms with Crippen LogP contribution in [0.3, 0.4) is 0 Å². The average molecular weight is 365 g/mol. The van der Waals surface area contributed by atoms with Crippen LogP contribution < -0.4 is 10.1 Å². The van der Waals surface area contributed by atoms with Crippen molar-refractivity contribution in [2.24, 2.45) is 23.2 Å². The molecule has 0 spiro atoms. The van der Waals surface area contributed by atoms with Crippen LogP contribution in [0.15, 0.2) is 18.2 Å². The fraction of sp³-hybridized carbons (Fsp3) is 0.750. The van der Waals surface area contributed by atoms with Gasteiger partial charge in [-0.05, 0) is 92.8 Å². The Morgan fingerprint density at radius 2 is 2.15 bits per heavy atom. The van der Waals surface area contributed by atoms with E-state index in [9.17, 15) is 0 Å². The first kappa shape index (κ1) is 15.8. The molecule has 144 valence electrons. The van der Waals surface area contributed by atoms with Crippen molar-refractivity contribution in [2.45, 2.75) is 62.4 Å². The maximum atomic E-state index is 6.03. The molecule has 2 aliphatic heterocycles. The highest BCUT2D eigenvalue weighted by Gasteiger charge is 2.75. The molecule has 3 saturated carbocycles. The molecular weight excluding hydrogens is 332 g/mol. The van der Waals surface area contributed by atoms with Gasteiger partial charge in [-0.1, -0.05) is 12.1 Å². The van der Waals surface area contributed by atoms with E-state index in [1.54, 1.807) is 11.1 Å². The topological polar surface area (TPSA) is 24.5 Å². The van der Waals surface area contributed by atoms with Crippen molar-refractivity contribution in [1.29, 1.82) is 0 Å². The monoisotopic (exact) mass is 364 g/mol. The molecule has 7 rings (SSSR count). The number of piperidine rings is 1. The molecule has 3 nitrogen and oxygen atoms in total. The lowest BCUT2D eigenvalue weighted by molar-refractivity contribution is -0.0948. The molecule has 6 atom stereocenters.